The van der Waals surface area contributed by atoms with Gasteiger partial charge in [0, 0.05) is 25.7 Å². The summed E-state index contributed by atoms with van der Waals surface area (Å²) in [5.41, 5.74) is 0. The van der Waals surface area contributed by atoms with Crippen molar-refractivity contribution in [3.8, 4) is 0 Å². The van der Waals surface area contributed by atoms with Crippen molar-refractivity contribution in [1.82, 2.24) is 0 Å². The number of esters is 4. The number of rotatable bonds is 90. The van der Waals surface area contributed by atoms with Crippen LogP contribution in [0, 0.1) is 11.8 Å². The topological polar surface area (TPSA) is 237 Å². The minimum atomic E-state index is -4.97. The molecule has 0 fully saturated rings. The highest BCUT2D eigenvalue weighted by Crippen LogP contribution is 2.45. The average Bonchev–Trinajstić information content (AvgIpc) is 0.898. The maximum atomic E-state index is 13.2. The number of phosphoric ester groups is 2. The molecule has 0 aromatic carbocycles. The van der Waals surface area contributed by atoms with E-state index >= 15 is 0 Å². The number of aliphatic hydroxyl groups excluding tert-OH is 1. The van der Waals surface area contributed by atoms with Crippen LogP contribution in [0.1, 0.15) is 491 Å². The first-order chi connectivity index (χ1) is 53.4. The Balaban J connectivity index is 5.23. The highest BCUT2D eigenvalue weighted by Gasteiger charge is 2.31. The van der Waals surface area contributed by atoms with Gasteiger partial charge >= 0.3 is 39.5 Å². The first-order valence-electron chi connectivity index (χ1n) is 47.1. The summed E-state index contributed by atoms with van der Waals surface area (Å²) in [5, 5.41) is 10.7. The van der Waals surface area contributed by atoms with Crippen LogP contribution in [0.25, 0.3) is 0 Å². The number of hydrogen-bond acceptors (Lipinski definition) is 15. The Bertz CT molecular complexity index is 2100. The molecule has 3 N–H and O–H groups in total. The first-order valence-corrected chi connectivity index (χ1v) is 50.1. The van der Waals surface area contributed by atoms with Crippen LogP contribution >= 0.6 is 15.6 Å². The molecule has 0 aliphatic heterocycles. The number of ether oxygens (including phenoxy) is 4. The number of carbonyl (C=O) groups excluding carboxylic acids is 4. The van der Waals surface area contributed by atoms with Crippen molar-refractivity contribution < 1.29 is 80.2 Å². The van der Waals surface area contributed by atoms with Gasteiger partial charge in [0.25, 0.3) is 0 Å². The Hall–Kier alpha value is -1.94. The van der Waals surface area contributed by atoms with E-state index in [4.69, 9.17) is 37.0 Å². The molecule has 7 atom stereocenters. The van der Waals surface area contributed by atoms with Crippen molar-refractivity contribution in [1.29, 1.82) is 0 Å². The smallest absolute Gasteiger partial charge is 0.462 e. The largest absolute Gasteiger partial charge is 0.472 e. The molecule has 0 radical (unpaired) electrons. The van der Waals surface area contributed by atoms with E-state index in [1.165, 1.54) is 308 Å². The molecule has 0 aromatic heterocycles. The second-order valence-electron chi connectivity index (χ2n) is 33.2. The first kappa shape index (κ1) is 108. The molecule has 654 valence electrons. The summed E-state index contributed by atoms with van der Waals surface area (Å²) in [4.78, 5) is 73.4. The number of carbonyl (C=O) groups is 4. The fourth-order valence-corrected chi connectivity index (χ4v) is 15.8. The second-order valence-corrected chi connectivity index (χ2v) is 36.1. The predicted octanol–water partition coefficient (Wildman–Crippen LogP) is 28.2. The van der Waals surface area contributed by atoms with Crippen LogP contribution < -0.4 is 0 Å². The van der Waals surface area contributed by atoms with E-state index in [0.717, 1.165) is 102 Å². The van der Waals surface area contributed by atoms with Crippen LogP contribution in [-0.4, -0.2) is 96.7 Å². The summed E-state index contributed by atoms with van der Waals surface area (Å²) in [6.45, 7) is 9.77. The van der Waals surface area contributed by atoms with Crippen molar-refractivity contribution in [3.05, 3.63) is 0 Å². The maximum Gasteiger partial charge on any atom is 0.472 e. The van der Waals surface area contributed by atoms with Crippen molar-refractivity contribution in [2.45, 2.75) is 509 Å². The monoisotopic (exact) mass is 1610 g/mol. The van der Waals surface area contributed by atoms with Gasteiger partial charge in [-0.25, -0.2) is 9.13 Å². The van der Waals surface area contributed by atoms with Crippen LogP contribution in [0.4, 0.5) is 0 Å². The van der Waals surface area contributed by atoms with Crippen molar-refractivity contribution in [2.75, 3.05) is 39.6 Å². The lowest BCUT2D eigenvalue weighted by molar-refractivity contribution is -0.161. The Morgan fingerprint density at radius 1 is 0.255 bits per heavy atom. The van der Waals surface area contributed by atoms with Crippen LogP contribution in [0.15, 0.2) is 0 Å². The van der Waals surface area contributed by atoms with Gasteiger partial charge in [0.1, 0.15) is 19.3 Å². The molecular formula is C91H178O17P2. The molecule has 0 bridgehead atoms. The van der Waals surface area contributed by atoms with Gasteiger partial charge in [-0.05, 0) is 37.5 Å². The van der Waals surface area contributed by atoms with Gasteiger partial charge in [-0.3, -0.25) is 37.3 Å². The molecule has 0 heterocycles. The van der Waals surface area contributed by atoms with E-state index in [9.17, 15) is 43.2 Å². The molecule has 17 nitrogen and oxygen atoms in total. The summed E-state index contributed by atoms with van der Waals surface area (Å²) in [6, 6.07) is 0. The summed E-state index contributed by atoms with van der Waals surface area (Å²) >= 11 is 0. The van der Waals surface area contributed by atoms with Gasteiger partial charge in [-0.15, -0.1) is 0 Å². The Morgan fingerprint density at radius 3 is 0.645 bits per heavy atom. The highest BCUT2D eigenvalue weighted by molar-refractivity contribution is 7.47. The lowest BCUT2D eigenvalue weighted by atomic mass is 9.99. The van der Waals surface area contributed by atoms with E-state index in [0.29, 0.717) is 25.7 Å². The maximum absolute atomic E-state index is 13.2. The minimum absolute atomic E-state index is 0.108. The third kappa shape index (κ3) is 81.2. The SMILES string of the molecule is CCCCCCCCCCCCCCCCCCCCCCCCC(=O)OC[C@H](COP(=O)(O)OC[C@@H](O)COP(=O)(O)OC[C@@H](COC(=O)CCCCCCCCCCC(C)CC)OC(=O)CCCCCCCCCCCCCCCC)OC(=O)CCCCCCCCCCCCCCCCCCCCC(C)CC. The number of unbranched alkanes of at least 4 members (excludes halogenated alkanes) is 58. The van der Waals surface area contributed by atoms with E-state index in [2.05, 4.69) is 41.5 Å². The van der Waals surface area contributed by atoms with Gasteiger partial charge in [0.15, 0.2) is 12.2 Å². The third-order valence-electron chi connectivity index (χ3n) is 22.2. The molecule has 4 unspecified atom stereocenters. The molecule has 0 spiro atoms. The van der Waals surface area contributed by atoms with Gasteiger partial charge in [0.05, 0.1) is 26.4 Å². The third-order valence-corrected chi connectivity index (χ3v) is 24.1. The van der Waals surface area contributed by atoms with Crippen LogP contribution in [0.5, 0.6) is 0 Å². The van der Waals surface area contributed by atoms with E-state index in [1.807, 2.05) is 0 Å². The fourth-order valence-electron chi connectivity index (χ4n) is 14.2. The van der Waals surface area contributed by atoms with Crippen LogP contribution in [-0.2, 0) is 65.4 Å². The molecule has 0 aromatic rings. The zero-order chi connectivity index (χ0) is 80.6. The van der Waals surface area contributed by atoms with Gasteiger partial charge in [0.2, 0.25) is 0 Å². The summed E-state index contributed by atoms with van der Waals surface area (Å²) in [6.07, 6.45) is 76.4. The molecule has 0 aliphatic rings. The Kier molecular flexibility index (Phi) is 80.7. The van der Waals surface area contributed by atoms with E-state index in [-0.39, 0.29) is 25.7 Å². The lowest BCUT2D eigenvalue weighted by Gasteiger charge is -2.21. The zero-order valence-electron chi connectivity index (χ0n) is 72.6. The van der Waals surface area contributed by atoms with Crippen LogP contribution in [0.3, 0.4) is 0 Å². The van der Waals surface area contributed by atoms with Gasteiger partial charge in [-0.2, -0.15) is 0 Å². The predicted molar refractivity (Wildman–Crippen MR) is 455 cm³/mol. The summed E-state index contributed by atoms with van der Waals surface area (Å²) in [7, 11) is -9.93. The molecule has 19 heteroatoms. The standard InChI is InChI=1S/C91H178O17P2/c1-7-11-13-15-17-19-21-23-25-26-27-28-29-30-34-37-41-44-48-55-61-67-73-88(93)101-79-86(107-91(96)76-70-64-58-50-46-42-38-35-32-31-33-36-39-43-47-53-59-65-71-83(5)9-3)81-105-109(97,98)103-77-85(92)78-104-110(99,100)106-82-87(80-102-89(94)74-68-62-56-52-51-54-60-66-72-84(6)10-4)108-90(95)75-69-63-57-49-45-40-24-22-20-18-16-14-12-8-2/h83-87,92H,7-82H2,1-6H3,(H,97,98)(H,99,100)/t83?,84?,85-,86-,87-/m1/s1. The molecule has 0 saturated carbocycles. The van der Waals surface area contributed by atoms with E-state index in [1.54, 1.807) is 0 Å². The Labute approximate surface area is 677 Å². The van der Waals surface area contributed by atoms with Crippen molar-refractivity contribution in [2.24, 2.45) is 11.8 Å². The summed E-state index contributed by atoms with van der Waals surface area (Å²) < 4.78 is 69.0. The van der Waals surface area contributed by atoms with Crippen molar-refractivity contribution in [3.63, 3.8) is 0 Å². The normalized spacial score (nSPS) is 14.2. The van der Waals surface area contributed by atoms with Gasteiger partial charge < -0.3 is 33.8 Å². The van der Waals surface area contributed by atoms with Gasteiger partial charge in [-0.1, -0.05) is 440 Å². The molecular weight excluding hydrogens is 1430 g/mol. The summed E-state index contributed by atoms with van der Waals surface area (Å²) in [5.74, 6) is -0.448. The molecule has 0 saturated heterocycles. The fraction of sp³-hybridized carbons (Fsp3) is 0.956. The average molecular weight is 1610 g/mol. The number of phosphoric acid groups is 2. The molecule has 110 heavy (non-hydrogen) atoms. The van der Waals surface area contributed by atoms with Crippen molar-refractivity contribution >= 4 is 39.5 Å². The minimum Gasteiger partial charge on any atom is -0.462 e. The zero-order valence-corrected chi connectivity index (χ0v) is 74.4. The Morgan fingerprint density at radius 2 is 0.436 bits per heavy atom. The molecule has 0 amide bonds. The molecule has 0 rings (SSSR count). The lowest BCUT2D eigenvalue weighted by Crippen LogP contribution is -2.30. The van der Waals surface area contributed by atoms with Crippen LogP contribution in [0.2, 0.25) is 0 Å². The van der Waals surface area contributed by atoms with E-state index < -0.39 is 97.5 Å². The number of hydrogen-bond donors (Lipinski definition) is 3. The quantitative estimate of drug-likeness (QED) is 0.0222. The second kappa shape index (κ2) is 82.2. The highest BCUT2D eigenvalue weighted by atomic mass is 31.2. The molecule has 0 aliphatic carbocycles. The number of aliphatic hydroxyl groups is 1.